The van der Waals surface area contributed by atoms with Crippen molar-refractivity contribution in [3.8, 4) is 0 Å². The Balaban J connectivity index is 0.000000111. The number of aromatic nitrogens is 12. The zero-order valence-corrected chi connectivity index (χ0v) is 47.5. The standard InChI is InChI=1S/4C4H5N3O2S.2C4H4N2O3S.2C4H4N2O2S2/c8-10(9)4-2-5-7-3(4)1-6-10;8-10(9)4-3(2-6-10)1-5-7-4;8-10(9)4-1-2-5-7(4)3-6-10;8-10(9)6-3-4-1-2-5-7(4)10;7-10(8)4-3(1-6-10)9-2-5-4;7-10(8)4-3(1-6-10)5-2-9-4;7-10(8)4-3(1-6-10)9-2-5-4;7-10(8)4-3(1-6-10)5-2-9-4/h2,6H,1H2,(H,5,7);1,6H,2H2,(H,5,7);2*1-2,6H,3H2;4*2,6H,1H2. The van der Waals surface area contributed by atoms with Gasteiger partial charge in [0.05, 0.1) is 90.5 Å². The normalized spacial score (nSPS) is 20.8. The van der Waals surface area contributed by atoms with Crippen LogP contribution in [0.2, 0.25) is 0 Å². The van der Waals surface area contributed by atoms with E-state index in [0.717, 1.165) is 33.1 Å². The minimum atomic E-state index is -3.34. The topological polar surface area (TPSA) is 540 Å². The number of nitrogens with zero attached hydrogens (tertiary/aromatic N) is 10. The third kappa shape index (κ3) is 12.5. The number of hydrogen-bond acceptors (Lipinski definition) is 28. The van der Waals surface area contributed by atoms with Crippen LogP contribution in [0.1, 0.15) is 39.0 Å². The number of oxazole rings is 2. The van der Waals surface area contributed by atoms with Crippen LogP contribution in [0.4, 0.5) is 0 Å². The van der Waals surface area contributed by atoms with E-state index in [9.17, 15) is 67.3 Å². The highest BCUT2D eigenvalue weighted by Gasteiger charge is 2.33. The molecule has 0 fully saturated rings. The maximum absolute atomic E-state index is 11.0. The summed E-state index contributed by atoms with van der Waals surface area (Å²) in [7, 11) is -26.0. The predicted molar refractivity (Wildman–Crippen MR) is 264 cm³/mol. The van der Waals surface area contributed by atoms with Gasteiger partial charge in [-0.2, -0.15) is 38.3 Å². The van der Waals surface area contributed by atoms with Gasteiger partial charge in [-0.25, -0.2) is 112 Å². The zero-order chi connectivity index (χ0) is 57.5. The van der Waals surface area contributed by atoms with Crippen molar-refractivity contribution in [2.45, 2.75) is 86.8 Å². The molecule has 16 rings (SSSR count). The number of fused-ring (bicyclic) bond motifs is 8. The summed E-state index contributed by atoms with van der Waals surface area (Å²) in [4.78, 5) is 15.9. The minimum Gasteiger partial charge on any atom is -0.446 e. The Labute approximate surface area is 459 Å². The van der Waals surface area contributed by atoms with Gasteiger partial charge in [-0.05, 0) is 12.1 Å². The first-order valence-corrected chi connectivity index (χ1v) is 34.9. The maximum Gasteiger partial charge on any atom is 0.321 e. The quantitative estimate of drug-likeness (QED) is 0.0683. The number of hydrogen-bond donors (Lipinski definition) is 10. The van der Waals surface area contributed by atoms with Gasteiger partial charge in [0.2, 0.25) is 15.0 Å². The van der Waals surface area contributed by atoms with Gasteiger partial charge >= 0.3 is 10.2 Å². The molecule has 8 aliphatic rings. The molecule has 8 aliphatic heterocycles. The molecule has 0 saturated carbocycles. The predicted octanol–water partition coefficient (Wildman–Crippen LogP) is -4.58. The highest BCUT2D eigenvalue weighted by molar-refractivity contribution is 7.92. The van der Waals surface area contributed by atoms with Crippen LogP contribution >= 0.6 is 22.7 Å². The van der Waals surface area contributed by atoms with Gasteiger partial charge in [-0.3, -0.25) is 10.2 Å². The number of H-pyrrole nitrogens is 2. The van der Waals surface area contributed by atoms with E-state index in [1.807, 2.05) is 0 Å². The van der Waals surface area contributed by atoms with Crippen LogP contribution < -0.4 is 37.8 Å². The van der Waals surface area contributed by atoms with Crippen molar-refractivity contribution in [1.82, 2.24) is 97.1 Å². The van der Waals surface area contributed by atoms with Gasteiger partial charge in [0.15, 0.2) is 37.8 Å². The minimum absolute atomic E-state index is 0.0208. The van der Waals surface area contributed by atoms with Gasteiger partial charge in [0.1, 0.15) is 17.3 Å². The molecule has 0 atom stereocenters. The van der Waals surface area contributed by atoms with Gasteiger partial charge < -0.3 is 8.83 Å². The van der Waals surface area contributed by atoms with E-state index >= 15 is 0 Å². The van der Waals surface area contributed by atoms with Crippen molar-refractivity contribution in [3.63, 3.8) is 0 Å². The molecule has 80 heavy (non-hydrogen) atoms. The van der Waals surface area contributed by atoms with Crippen molar-refractivity contribution in [2.75, 3.05) is 0 Å². The maximum atomic E-state index is 11.0. The van der Waals surface area contributed by atoms with E-state index in [4.69, 9.17) is 4.42 Å². The molecule has 16 heterocycles. The van der Waals surface area contributed by atoms with Crippen LogP contribution in [0.15, 0.2) is 104 Å². The molecular weight excluding hydrogens is 1270 g/mol. The second-order valence-corrected chi connectivity index (χ2v) is 31.2. The zero-order valence-electron chi connectivity index (χ0n) is 39.3. The molecule has 432 valence electrons. The number of thiazole rings is 2. The van der Waals surface area contributed by atoms with Crippen LogP contribution in [0.25, 0.3) is 0 Å². The molecule has 38 nitrogen and oxygen atoms in total. The lowest BCUT2D eigenvalue weighted by Crippen LogP contribution is -2.20. The van der Waals surface area contributed by atoms with E-state index in [0.29, 0.717) is 71.0 Å². The van der Waals surface area contributed by atoms with Crippen LogP contribution in [-0.2, 0) is 133 Å². The SMILES string of the molecule is O=S1(=O)NCc2[nH]ncc21.O=S1(=O)NCc2ccnn21.O=S1(=O)NCc2cn[nH]c21.O=S1(=O)NCc2ncoc21.O=S1(=O)NCc2ncsc21.O=S1(=O)NCc2ocnc21.O=S1(=O)NCc2scnc21.O=S1(=O)NCn2nccc21. The third-order valence-corrected chi connectivity index (χ3v) is 24.1. The fourth-order valence-corrected chi connectivity index (χ4v) is 17.9. The Morgan fingerprint density at radius 1 is 0.512 bits per heavy atom. The fourth-order valence-electron chi connectivity index (χ4n) is 6.88. The summed E-state index contributed by atoms with van der Waals surface area (Å²) in [6, 6.07) is 3.13. The van der Waals surface area contributed by atoms with Crippen molar-refractivity contribution in [3.05, 3.63) is 99.7 Å². The van der Waals surface area contributed by atoms with Crippen LogP contribution in [0, 0.1) is 0 Å². The summed E-state index contributed by atoms with van der Waals surface area (Å²) in [5, 5.41) is 20.2. The van der Waals surface area contributed by atoms with Gasteiger partial charge in [0.25, 0.3) is 65.2 Å². The van der Waals surface area contributed by atoms with E-state index in [-0.39, 0.29) is 49.8 Å². The van der Waals surface area contributed by atoms with Gasteiger partial charge in [-0.15, -0.1) is 26.8 Å². The highest BCUT2D eigenvalue weighted by Crippen LogP contribution is 2.26. The van der Waals surface area contributed by atoms with Crippen molar-refractivity contribution >= 4 is 103 Å². The summed E-state index contributed by atoms with van der Waals surface area (Å²) in [6.07, 6.45) is 8.01. The first-order chi connectivity index (χ1) is 37.6. The largest absolute Gasteiger partial charge is 0.446 e. The Bertz CT molecular complexity index is 3690. The monoisotopic (exact) mass is 1310 g/mol. The highest BCUT2D eigenvalue weighted by atomic mass is 32.3. The first kappa shape index (κ1) is 58.5. The van der Waals surface area contributed by atoms with E-state index in [1.54, 1.807) is 17.1 Å². The number of nitrogens with one attached hydrogen (secondary N) is 10. The van der Waals surface area contributed by atoms with Crippen molar-refractivity contribution in [1.29, 1.82) is 0 Å². The van der Waals surface area contributed by atoms with Crippen molar-refractivity contribution in [2.24, 2.45) is 0 Å². The molecule has 0 spiro atoms. The molecule has 10 N–H and O–H groups in total. The Hall–Kier alpha value is -6.20. The molecule has 0 saturated heterocycles. The fraction of sp³-hybridized carbons (Fsp3) is 0.250. The molecule has 48 heteroatoms. The smallest absolute Gasteiger partial charge is 0.321 e. The van der Waals surface area contributed by atoms with Gasteiger partial charge in [0, 0.05) is 18.7 Å². The lowest BCUT2D eigenvalue weighted by Gasteiger charge is -1.91. The lowest BCUT2D eigenvalue weighted by molar-refractivity contribution is 0.447. The molecule has 0 radical (unpaired) electrons. The lowest BCUT2D eigenvalue weighted by atomic mass is 10.4. The average molecular weight is 1310 g/mol. The molecular formula is C32H36N20O18S10. The number of rotatable bonds is 0. The number of aromatic amines is 2. The summed E-state index contributed by atoms with van der Waals surface area (Å²) in [5.74, 6) is 0.389. The summed E-state index contributed by atoms with van der Waals surface area (Å²) in [6.45, 7) is 2.51. The molecule has 0 aliphatic carbocycles. The second kappa shape index (κ2) is 22.3. The van der Waals surface area contributed by atoms with Crippen LogP contribution in [0.3, 0.4) is 0 Å². The molecule has 0 unspecified atom stereocenters. The number of sulfonamides is 7. The summed E-state index contributed by atoms with van der Waals surface area (Å²) in [5.41, 5.74) is 6.22. The summed E-state index contributed by atoms with van der Waals surface area (Å²) < 4.78 is 205. The molecule has 8 aromatic heterocycles. The Morgan fingerprint density at radius 3 is 1.88 bits per heavy atom. The van der Waals surface area contributed by atoms with E-state index in [2.05, 4.69) is 92.7 Å². The van der Waals surface area contributed by atoms with Crippen molar-refractivity contribution < 1.29 is 76.2 Å². The van der Waals surface area contributed by atoms with Gasteiger partial charge in [-0.1, -0.05) is 0 Å². The van der Waals surface area contributed by atoms with Crippen LogP contribution in [0.5, 0.6) is 0 Å². The Kier molecular flexibility index (Phi) is 16.3. The van der Waals surface area contributed by atoms with E-state index in [1.165, 1.54) is 46.9 Å². The summed E-state index contributed by atoms with van der Waals surface area (Å²) >= 11 is 2.52. The molecule has 0 aromatic carbocycles. The molecule has 0 bridgehead atoms. The molecule has 0 amide bonds. The van der Waals surface area contributed by atoms with Crippen LogP contribution in [-0.4, -0.2) is 127 Å². The first-order valence-electron chi connectivity index (χ1n) is 21.4. The Morgan fingerprint density at radius 2 is 1.18 bits per heavy atom. The van der Waals surface area contributed by atoms with E-state index < -0.39 is 80.4 Å². The molecule has 8 aromatic rings. The average Bonchev–Trinajstić information content (AvgIpc) is 4.22. The second-order valence-electron chi connectivity index (χ2n) is 15.7. The third-order valence-electron chi connectivity index (χ3n) is 10.6.